The fourth-order valence-corrected chi connectivity index (χ4v) is 2.25. The molecule has 2 rings (SSSR count). The van der Waals surface area contributed by atoms with E-state index in [1.807, 2.05) is 0 Å². The van der Waals surface area contributed by atoms with Gasteiger partial charge in [0.05, 0.1) is 16.3 Å². The van der Waals surface area contributed by atoms with Gasteiger partial charge < -0.3 is 10.2 Å². The summed E-state index contributed by atoms with van der Waals surface area (Å²) < 4.78 is 0. The van der Waals surface area contributed by atoms with Crippen LogP contribution >= 0.6 is 23.2 Å². The monoisotopic (exact) mass is 338 g/mol. The smallest absolute Gasteiger partial charge is 0.272 e. The first kappa shape index (κ1) is 16.1. The number of halogens is 2. The van der Waals surface area contributed by atoms with Gasteiger partial charge in [0.2, 0.25) is 0 Å². The Labute approximate surface area is 136 Å². The van der Waals surface area contributed by atoms with Crippen LogP contribution in [0.5, 0.6) is 11.5 Å². The topological polar surface area (TPSA) is 81.9 Å². The van der Waals surface area contributed by atoms with Crippen LogP contribution in [0.1, 0.15) is 22.8 Å². The standard InChI is InChI=1S/C15H12Cl2N2O3/c1-8(11-5-3-10(20)7-14(11)21)18-19-15(22)12-4-2-9(16)6-13(12)17/h2-7,20-21H,1H3,(H,19,22)/b18-8-. The van der Waals surface area contributed by atoms with Crippen LogP contribution in [0.3, 0.4) is 0 Å². The molecule has 22 heavy (non-hydrogen) atoms. The van der Waals surface area contributed by atoms with Gasteiger partial charge in [-0.1, -0.05) is 23.2 Å². The minimum atomic E-state index is -0.501. The van der Waals surface area contributed by atoms with Crippen molar-refractivity contribution in [3.05, 3.63) is 57.6 Å². The van der Waals surface area contributed by atoms with E-state index in [0.717, 1.165) is 0 Å². The summed E-state index contributed by atoms with van der Waals surface area (Å²) in [5, 5.41) is 23.5. The molecule has 0 fully saturated rings. The summed E-state index contributed by atoms with van der Waals surface area (Å²) in [7, 11) is 0. The number of carbonyl (C=O) groups is 1. The van der Waals surface area contributed by atoms with Crippen LogP contribution in [0, 0.1) is 0 Å². The Morgan fingerprint density at radius 1 is 1.09 bits per heavy atom. The van der Waals surface area contributed by atoms with Crippen molar-refractivity contribution in [2.45, 2.75) is 6.92 Å². The summed E-state index contributed by atoms with van der Waals surface area (Å²) in [5.74, 6) is -0.703. The molecule has 2 aromatic carbocycles. The third-order valence-corrected chi connectivity index (χ3v) is 3.42. The van der Waals surface area contributed by atoms with Crippen LogP contribution in [0.25, 0.3) is 0 Å². The van der Waals surface area contributed by atoms with Gasteiger partial charge in [-0.05, 0) is 37.3 Å². The van der Waals surface area contributed by atoms with Crippen LogP contribution in [0.2, 0.25) is 10.0 Å². The number of phenolic OH excluding ortho intramolecular Hbond substituents is 2. The van der Waals surface area contributed by atoms with Gasteiger partial charge in [0.25, 0.3) is 5.91 Å². The lowest BCUT2D eigenvalue weighted by atomic mass is 10.1. The second-order valence-electron chi connectivity index (χ2n) is 4.46. The SMILES string of the molecule is C/C(=N/NC(=O)c1ccc(Cl)cc1Cl)c1ccc(O)cc1O. The zero-order valence-electron chi connectivity index (χ0n) is 11.5. The predicted molar refractivity (Wildman–Crippen MR) is 85.9 cm³/mol. The molecule has 0 atom stereocenters. The van der Waals surface area contributed by atoms with E-state index in [1.54, 1.807) is 13.0 Å². The highest BCUT2D eigenvalue weighted by Gasteiger charge is 2.11. The van der Waals surface area contributed by atoms with Gasteiger partial charge in [0, 0.05) is 16.7 Å². The van der Waals surface area contributed by atoms with Crippen molar-refractivity contribution in [1.82, 2.24) is 5.43 Å². The van der Waals surface area contributed by atoms with Crippen LogP contribution in [0.4, 0.5) is 0 Å². The van der Waals surface area contributed by atoms with Crippen molar-refractivity contribution >= 4 is 34.8 Å². The third-order valence-electron chi connectivity index (χ3n) is 2.87. The maximum atomic E-state index is 12.0. The molecule has 0 aliphatic carbocycles. The number of carbonyl (C=O) groups excluding carboxylic acids is 1. The molecule has 1 amide bonds. The number of nitrogens with zero attached hydrogens (tertiary/aromatic N) is 1. The molecule has 114 valence electrons. The predicted octanol–water partition coefficient (Wildman–Crippen LogP) is 3.56. The number of aromatic hydroxyl groups is 2. The summed E-state index contributed by atoms with van der Waals surface area (Å²) in [5.41, 5.74) is 3.34. The lowest BCUT2D eigenvalue weighted by Crippen LogP contribution is -2.19. The van der Waals surface area contributed by atoms with Crippen LogP contribution in [0.15, 0.2) is 41.5 Å². The number of hydrazone groups is 1. The molecule has 0 saturated carbocycles. The molecule has 0 bridgehead atoms. The van der Waals surface area contributed by atoms with Crippen LogP contribution in [-0.2, 0) is 0 Å². The molecule has 0 aromatic heterocycles. The van der Waals surface area contributed by atoms with E-state index in [-0.39, 0.29) is 22.1 Å². The number of rotatable bonds is 3. The maximum Gasteiger partial charge on any atom is 0.272 e. The van der Waals surface area contributed by atoms with Gasteiger partial charge >= 0.3 is 0 Å². The Balaban J connectivity index is 2.18. The molecule has 0 aliphatic heterocycles. The minimum Gasteiger partial charge on any atom is -0.508 e. The van der Waals surface area contributed by atoms with Gasteiger partial charge in [-0.15, -0.1) is 0 Å². The maximum absolute atomic E-state index is 12.0. The van der Waals surface area contributed by atoms with Crippen molar-refractivity contribution in [2.75, 3.05) is 0 Å². The van der Waals surface area contributed by atoms with E-state index in [1.165, 1.54) is 30.3 Å². The van der Waals surface area contributed by atoms with Crippen molar-refractivity contribution in [1.29, 1.82) is 0 Å². The minimum absolute atomic E-state index is 0.0639. The molecule has 0 aliphatic rings. The van der Waals surface area contributed by atoms with Gasteiger partial charge in [-0.3, -0.25) is 4.79 Å². The van der Waals surface area contributed by atoms with E-state index in [2.05, 4.69) is 10.5 Å². The highest BCUT2D eigenvalue weighted by molar-refractivity contribution is 6.36. The van der Waals surface area contributed by atoms with Crippen molar-refractivity contribution < 1.29 is 15.0 Å². The third kappa shape index (κ3) is 3.69. The Kier molecular flexibility index (Phi) is 4.90. The van der Waals surface area contributed by atoms with Crippen molar-refractivity contribution in [3.8, 4) is 11.5 Å². The Morgan fingerprint density at radius 2 is 1.77 bits per heavy atom. The van der Waals surface area contributed by atoms with E-state index >= 15 is 0 Å². The summed E-state index contributed by atoms with van der Waals surface area (Å²) in [6, 6.07) is 8.58. The molecule has 0 heterocycles. The van der Waals surface area contributed by atoms with Crippen molar-refractivity contribution in [2.24, 2.45) is 5.10 Å². The fraction of sp³-hybridized carbons (Fsp3) is 0.0667. The normalized spacial score (nSPS) is 11.3. The van der Waals surface area contributed by atoms with E-state index < -0.39 is 5.91 Å². The quantitative estimate of drug-likeness (QED) is 0.591. The zero-order chi connectivity index (χ0) is 16.3. The first-order valence-corrected chi connectivity index (χ1v) is 6.96. The van der Waals surface area contributed by atoms with Gasteiger partial charge in [0.1, 0.15) is 11.5 Å². The van der Waals surface area contributed by atoms with Gasteiger partial charge in [-0.25, -0.2) is 5.43 Å². The number of phenols is 2. The average molecular weight is 339 g/mol. The molecular weight excluding hydrogens is 327 g/mol. The molecule has 0 saturated heterocycles. The van der Waals surface area contributed by atoms with E-state index in [0.29, 0.717) is 16.3 Å². The Hall–Kier alpha value is -2.24. The number of hydrogen-bond acceptors (Lipinski definition) is 4. The molecule has 7 heteroatoms. The molecule has 5 nitrogen and oxygen atoms in total. The number of benzene rings is 2. The highest BCUT2D eigenvalue weighted by Crippen LogP contribution is 2.23. The first-order valence-electron chi connectivity index (χ1n) is 6.20. The van der Waals surface area contributed by atoms with Gasteiger partial charge in [-0.2, -0.15) is 5.10 Å². The lowest BCUT2D eigenvalue weighted by Gasteiger charge is -2.06. The summed E-state index contributed by atoms with van der Waals surface area (Å²) in [6.45, 7) is 1.61. The number of amides is 1. The molecular formula is C15H12Cl2N2O3. The molecule has 0 radical (unpaired) electrons. The number of hydrogen-bond donors (Lipinski definition) is 3. The Bertz CT molecular complexity index is 760. The van der Waals surface area contributed by atoms with Crippen molar-refractivity contribution in [3.63, 3.8) is 0 Å². The summed E-state index contributed by atoms with van der Waals surface area (Å²) in [6.07, 6.45) is 0. The molecule has 2 aromatic rings. The van der Waals surface area contributed by atoms with E-state index in [9.17, 15) is 15.0 Å². The van der Waals surface area contributed by atoms with Crippen LogP contribution < -0.4 is 5.43 Å². The number of nitrogens with one attached hydrogen (secondary N) is 1. The summed E-state index contributed by atoms with van der Waals surface area (Å²) in [4.78, 5) is 12.0. The lowest BCUT2D eigenvalue weighted by molar-refractivity contribution is 0.0955. The fourth-order valence-electron chi connectivity index (χ4n) is 1.75. The second-order valence-corrected chi connectivity index (χ2v) is 5.31. The largest absolute Gasteiger partial charge is 0.508 e. The van der Waals surface area contributed by atoms with E-state index in [4.69, 9.17) is 23.2 Å². The van der Waals surface area contributed by atoms with Crippen LogP contribution in [-0.4, -0.2) is 21.8 Å². The highest BCUT2D eigenvalue weighted by atomic mass is 35.5. The van der Waals surface area contributed by atoms with Gasteiger partial charge in [0.15, 0.2) is 0 Å². The molecule has 3 N–H and O–H groups in total. The second kappa shape index (κ2) is 6.68. The Morgan fingerprint density at radius 3 is 2.41 bits per heavy atom. The first-order chi connectivity index (χ1) is 10.4. The zero-order valence-corrected chi connectivity index (χ0v) is 13.0. The average Bonchev–Trinajstić information content (AvgIpc) is 2.44. The molecule has 0 unspecified atom stereocenters. The summed E-state index contributed by atoms with van der Waals surface area (Å²) >= 11 is 11.7. The molecule has 0 spiro atoms.